The van der Waals surface area contributed by atoms with Gasteiger partial charge in [-0.1, -0.05) is 0 Å². The van der Waals surface area contributed by atoms with Crippen LogP contribution in [-0.2, 0) is 4.79 Å². The SMILES string of the molecule is NCCC[C@@H]1CN[C@@H](CC(=O)O)CN1. The Bertz CT molecular complexity index is 179. The molecule has 5 nitrogen and oxygen atoms in total. The van der Waals surface area contributed by atoms with Crippen molar-refractivity contribution in [1.29, 1.82) is 0 Å². The molecule has 1 saturated heterocycles. The Morgan fingerprint density at radius 2 is 2.00 bits per heavy atom. The van der Waals surface area contributed by atoms with Crippen molar-refractivity contribution in [3.8, 4) is 0 Å². The quantitative estimate of drug-likeness (QED) is 0.464. The molecule has 0 radical (unpaired) electrons. The van der Waals surface area contributed by atoms with Gasteiger partial charge in [0.2, 0.25) is 0 Å². The van der Waals surface area contributed by atoms with Gasteiger partial charge in [0.1, 0.15) is 0 Å². The van der Waals surface area contributed by atoms with Crippen molar-refractivity contribution < 1.29 is 9.90 Å². The zero-order chi connectivity index (χ0) is 10.4. The maximum atomic E-state index is 10.4. The number of aliphatic carboxylic acids is 1. The van der Waals surface area contributed by atoms with Gasteiger partial charge in [-0.05, 0) is 19.4 Å². The molecule has 2 atom stereocenters. The summed E-state index contributed by atoms with van der Waals surface area (Å²) in [6.07, 6.45) is 2.27. The van der Waals surface area contributed by atoms with E-state index in [-0.39, 0.29) is 12.5 Å². The fraction of sp³-hybridized carbons (Fsp3) is 0.889. The summed E-state index contributed by atoms with van der Waals surface area (Å²) in [6, 6.07) is 0.519. The van der Waals surface area contributed by atoms with Crippen LogP contribution in [0, 0.1) is 0 Å². The predicted octanol–water partition coefficient (Wildman–Crippen LogP) is -0.870. The number of piperazine rings is 1. The third-order valence-electron chi connectivity index (χ3n) is 2.48. The Morgan fingerprint density at radius 3 is 2.50 bits per heavy atom. The molecule has 0 aromatic heterocycles. The predicted molar refractivity (Wildman–Crippen MR) is 54.1 cm³/mol. The van der Waals surface area contributed by atoms with Crippen LogP contribution < -0.4 is 16.4 Å². The van der Waals surface area contributed by atoms with Crippen molar-refractivity contribution in [3.05, 3.63) is 0 Å². The summed E-state index contributed by atoms with van der Waals surface area (Å²) in [5.74, 6) is -0.746. The Kier molecular flexibility index (Phi) is 4.86. The van der Waals surface area contributed by atoms with Crippen LogP contribution in [0.25, 0.3) is 0 Å². The number of carboxylic acid groups (broad SMARTS) is 1. The minimum atomic E-state index is -0.746. The van der Waals surface area contributed by atoms with Crippen molar-refractivity contribution in [2.75, 3.05) is 19.6 Å². The highest BCUT2D eigenvalue weighted by Gasteiger charge is 2.20. The summed E-state index contributed by atoms with van der Waals surface area (Å²) in [5, 5.41) is 15.1. The summed E-state index contributed by atoms with van der Waals surface area (Å²) in [6.45, 7) is 2.30. The molecular formula is C9H19N3O2. The van der Waals surface area contributed by atoms with E-state index in [0.717, 1.165) is 32.5 Å². The van der Waals surface area contributed by atoms with Gasteiger partial charge in [-0.25, -0.2) is 0 Å². The van der Waals surface area contributed by atoms with Gasteiger partial charge in [0, 0.05) is 25.2 Å². The molecule has 5 N–H and O–H groups in total. The standard InChI is InChI=1S/C9H19N3O2/c10-3-1-2-7-5-12-8(6-11-7)4-9(13)14/h7-8,11-12H,1-6,10H2,(H,13,14)/t7-,8+/m1/s1. The fourth-order valence-electron chi connectivity index (χ4n) is 1.69. The molecule has 1 fully saturated rings. The van der Waals surface area contributed by atoms with E-state index < -0.39 is 5.97 Å². The van der Waals surface area contributed by atoms with Gasteiger partial charge < -0.3 is 21.5 Å². The Balaban J connectivity index is 2.14. The summed E-state index contributed by atoms with van der Waals surface area (Å²) in [7, 11) is 0. The maximum absolute atomic E-state index is 10.4. The van der Waals surface area contributed by atoms with Crippen molar-refractivity contribution in [2.45, 2.75) is 31.3 Å². The molecule has 0 aliphatic carbocycles. The second-order valence-corrected chi connectivity index (χ2v) is 3.74. The Labute approximate surface area is 84.0 Å². The van der Waals surface area contributed by atoms with Crippen molar-refractivity contribution in [2.24, 2.45) is 5.73 Å². The first-order chi connectivity index (χ1) is 6.72. The highest BCUT2D eigenvalue weighted by Crippen LogP contribution is 2.02. The van der Waals surface area contributed by atoms with Crippen LogP contribution in [0.4, 0.5) is 0 Å². The average Bonchev–Trinajstić information content (AvgIpc) is 2.16. The highest BCUT2D eigenvalue weighted by molar-refractivity contribution is 5.67. The number of nitrogens with one attached hydrogen (secondary N) is 2. The smallest absolute Gasteiger partial charge is 0.304 e. The molecule has 1 aliphatic heterocycles. The van der Waals surface area contributed by atoms with Crippen LogP contribution in [0.3, 0.4) is 0 Å². The van der Waals surface area contributed by atoms with E-state index in [9.17, 15) is 4.79 Å². The van der Waals surface area contributed by atoms with E-state index in [4.69, 9.17) is 10.8 Å². The van der Waals surface area contributed by atoms with Gasteiger partial charge >= 0.3 is 5.97 Å². The summed E-state index contributed by atoms with van der Waals surface area (Å²) >= 11 is 0. The third-order valence-corrected chi connectivity index (χ3v) is 2.48. The second kappa shape index (κ2) is 5.95. The molecule has 0 unspecified atom stereocenters. The van der Waals surface area contributed by atoms with Crippen molar-refractivity contribution >= 4 is 5.97 Å². The van der Waals surface area contributed by atoms with Crippen molar-refractivity contribution in [3.63, 3.8) is 0 Å². The first kappa shape index (κ1) is 11.4. The van der Waals surface area contributed by atoms with Crippen LogP contribution in [0.5, 0.6) is 0 Å². The number of carbonyl (C=O) groups is 1. The summed E-state index contributed by atoms with van der Waals surface area (Å²) < 4.78 is 0. The molecule has 0 bridgehead atoms. The number of rotatable bonds is 5. The molecule has 5 heteroatoms. The zero-order valence-corrected chi connectivity index (χ0v) is 8.33. The molecule has 1 rings (SSSR count). The molecule has 1 heterocycles. The molecule has 14 heavy (non-hydrogen) atoms. The maximum Gasteiger partial charge on any atom is 0.304 e. The number of nitrogens with two attached hydrogens (primary N) is 1. The van der Waals surface area contributed by atoms with Gasteiger partial charge in [-0.3, -0.25) is 4.79 Å². The van der Waals surface area contributed by atoms with Gasteiger partial charge in [0.05, 0.1) is 6.42 Å². The highest BCUT2D eigenvalue weighted by atomic mass is 16.4. The van der Waals surface area contributed by atoms with E-state index in [1.807, 2.05) is 0 Å². The molecule has 0 spiro atoms. The van der Waals surface area contributed by atoms with Crippen LogP contribution in [-0.4, -0.2) is 42.8 Å². The summed E-state index contributed by atoms with van der Waals surface area (Å²) in [5.41, 5.74) is 5.41. The van der Waals surface area contributed by atoms with Crippen LogP contribution in [0.15, 0.2) is 0 Å². The van der Waals surface area contributed by atoms with Crippen LogP contribution in [0.2, 0.25) is 0 Å². The van der Waals surface area contributed by atoms with Gasteiger partial charge in [-0.2, -0.15) is 0 Å². The first-order valence-corrected chi connectivity index (χ1v) is 5.11. The number of hydrogen-bond donors (Lipinski definition) is 4. The Morgan fingerprint density at radius 1 is 1.36 bits per heavy atom. The fourth-order valence-corrected chi connectivity index (χ4v) is 1.69. The molecule has 0 aromatic carbocycles. The number of carboxylic acids is 1. The zero-order valence-electron chi connectivity index (χ0n) is 8.33. The van der Waals surface area contributed by atoms with Gasteiger partial charge in [0.15, 0.2) is 0 Å². The second-order valence-electron chi connectivity index (χ2n) is 3.74. The van der Waals surface area contributed by atoms with E-state index in [1.54, 1.807) is 0 Å². The lowest BCUT2D eigenvalue weighted by molar-refractivity contribution is -0.137. The van der Waals surface area contributed by atoms with Crippen LogP contribution in [0.1, 0.15) is 19.3 Å². The lowest BCUT2D eigenvalue weighted by Crippen LogP contribution is -2.54. The van der Waals surface area contributed by atoms with Gasteiger partial charge in [-0.15, -0.1) is 0 Å². The molecule has 0 amide bonds. The van der Waals surface area contributed by atoms with E-state index in [0.29, 0.717) is 6.04 Å². The van der Waals surface area contributed by atoms with E-state index >= 15 is 0 Å². The van der Waals surface area contributed by atoms with Crippen LogP contribution >= 0.6 is 0 Å². The largest absolute Gasteiger partial charge is 0.481 e. The minimum absolute atomic E-state index is 0.0710. The lowest BCUT2D eigenvalue weighted by Gasteiger charge is -2.30. The number of hydrogen-bond acceptors (Lipinski definition) is 4. The molecule has 0 saturated carbocycles. The van der Waals surface area contributed by atoms with Gasteiger partial charge in [0.25, 0.3) is 0 Å². The van der Waals surface area contributed by atoms with E-state index in [1.165, 1.54) is 0 Å². The molecular weight excluding hydrogens is 182 g/mol. The summed E-state index contributed by atoms with van der Waals surface area (Å²) in [4.78, 5) is 10.4. The monoisotopic (exact) mass is 201 g/mol. The molecule has 82 valence electrons. The van der Waals surface area contributed by atoms with Crippen molar-refractivity contribution in [1.82, 2.24) is 10.6 Å². The molecule has 0 aromatic rings. The first-order valence-electron chi connectivity index (χ1n) is 5.11. The lowest BCUT2D eigenvalue weighted by atomic mass is 10.1. The Hall–Kier alpha value is -0.650. The molecule has 1 aliphatic rings. The third kappa shape index (κ3) is 4.04. The normalized spacial score (nSPS) is 27.5. The average molecular weight is 201 g/mol. The topological polar surface area (TPSA) is 87.4 Å². The minimum Gasteiger partial charge on any atom is -0.481 e. The van der Waals surface area contributed by atoms with E-state index in [2.05, 4.69) is 10.6 Å².